The molecule has 1 N–H and O–H groups in total. The van der Waals surface area contributed by atoms with Gasteiger partial charge >= 0.3 is 0 Å². The van der Waals surface area contributed by atoms with Crippen LogP contribution in [0.2, 0.25) is 0 Å². The summed E-state index contributed by atoms with van der Waals surface area (Å²) in [5.74, 6) is 0.568. The van der Waals surface area contributed by atoms with Gasteiger partial charge in [-0.25, -0.2) is 0 Å². The van der Waals surface area contributed by atoms with Gasteiger partial charge in [0.2, 0.25) is 5.91 Å². The van der Waals surface area contributed by atoms with Crippen LogP contribution < -0.4 is 5.32 Å². The van der Waals surface area contributed by atoms with Gasteiger partial charge in [0, 0.05) is 11.6 Å². The first-order valence-corrected chi connectivity index (χ1v) is 4.30. The Morgan fingerprint density at radius 2 is 2.33 bits per heavy atom. The molecule has 0 spiro atoms. The number of fused-ring (bicyclic) bond motifs is 1. The fourth-order valence-corrected chi connectivity index (χ4v) is 1.53. The predicted molar refractivity (Wildman–Crippen MR) is 48.3 cm³/mol. The van der Waals surface area contributed by atoms with E-state index in [4.69, 9.17) is 11.6 Å². The topological polar surface area (TPSA) is 29.1 Å². The third-order valence-corrected chi connectivity index (χ3v) is 2.26. The molecule has 2 rings (SSSR count). The summed E-state index contributed by atoms with van der Waals surface area (Å²) < 4.78 is 0. The highest BCUT2D eigenvalue weighted by Gasteiger charge is 2.16. The van der Waals surface area contributed by atoms with Crippen molar-refractivity contribution in [2.75, 3.05) is 5.32 Å². The third kappa shape index (κ3) is 1.18. The maximum absolute atomic E-state index is 11.0. The molecule has 2 nitrogen and oxygen atoms in total. The Morgan fingerprint density at radius 3 is 3.08 bits per heavy atom. The number of benzene rings is 1. The average Bonchev–Trinajstić information content (AvgIpc) is 2.43. The van der Waals surface area contributed by atoms with E-state index in [2.05, 4.69) is 5.32 Å². The molecule has 0 aliphatic carbocycles. The van der Waals surface area contributed by atoms with Crippen molar-refractivity contribution in [3.63, 3.8) is 0 Å². The first-order valence-electron chi connectivity index (χ1n) is 3.77. The number of halogens is 1. The summed E-state index contributed by atoms with van der Waals surface area (Å²) in [4.78, 5) is 11.0. The van der Waals surface area contributed by atoms with Crippen molar-refractivity contribution >= 4 is 23.2 Å². The minimum absolute atomic E-state index is 0.0664. The van der Waals surface area contributed by atoms with E-state index in [1.165, 1.54) is 0 Å². The molecule has 0 saturated heterocycles. The number of anilines is 1. The zero-order chi connectivity index (χ0) is 8.55. The molecule has 0 bridgehead atoms. The van der Waals surface area contributed by atoms with Crippen LogP contribution in [0.25, 0.3) is 0 Å². The second-order valence-corrected chi connectivity index (χ2v) is 3.12. The van der Waals surface area contributed by atoms with Gasteiger partial charge in [-0.3, -0.25) is 4.79 Å². The molecule has 0 unspecified atom stereocenters. The molecule has 0 atom stereocenters. The zero-order valence-corrected chi connectivity index (χ0v) is 7.19. The van der Waals surface area contributed by atoms with Gasteiger partial charge in [0.25, 0.3) is 0 Å². The Bertz CT molecular complexity index is 335. The van der Waals surface area contributed by atoms with Crippen molar-refractivity contribution in [1.29, 1.82) is 0 Å². The number of carbonyl (C=O) groups is 1. The summed E-state index contributed by atoms with van der Waals surface area (Å²) in [7, 11) is 0. The number of carbonyl (C=O) groups excluding carboxylic acids is 1. The largest absolute Gasteiger partial charge is 0.326 e. The van der Waals surface area contributed by atoms with Crippen LogP contribution in [0.4, 0.5) is 5.69 Å². The minimum Gasteiger partial charge on any atom is -0.326 e. The van der Waals surface area contributed by atoms with E-state index < -0.39 is 0 Å². The van der Waals surface area contributed by atoms with Gasteiger partial charge in [-0.1, -0.05) is 12.1 Å². The van der Waals surface area contributed by atoms with Gasteiger partial charge in [-0.15, -0.1) is 11.6 Å². The van der Waals surface area contributed by atoms with Crippen LogP contribution in [0, 0.1) is 0 Å². The van der Waals surface area contributed by atoms with Crippen molar-refractivity contribution in [2.45, 2.75) is 12.3 Å². The van der Waals surface area contributed by atoms with Crippen LogP contribution in [0.3, 0.4) is 0 Å². The molecule has 1 heterocycles. The van der Waals surface area contributed by atoms with Crippen LogP contribution >= 0.6 is 11.6 Å². The van der Waals surface area contributed by atoms with E-state index in [0.717, 1.165) is 16.8 Å². The molecule has 1 aromatic rings. The molecular formula is C9H8ClNO. The van der Waals surface area contributed by atoms with Crippen LogP contribution in [-0.2, 0) is 17.1 Å². The fraction of sp³-hybridized carbons (Fsp3) is 0.222. The van der Waals surface area contributed by atoms with Crippen molar-refractivity contribution in [2.24, 2.45) is 0 Å². The number of hydrogen-bond acceptors (Lipinski definition) is 1. The maximum atomic E-state index is 11.0. The van der Waals surface area contributed by atoms with Crippen LogP contribution in [-0.4, -0.2) is 5.91 Å². The second kappa shape index (κ2) is 2.79. The quantitative estimate of drug-likeness (QED) is 0.659. The number of nitrogens with one attached hydrogen (secondary N) is 1. The molecule has 3 heteroatoms. The Kier molecular flexibility index (Phi) is 1.77. The molecule has 0 fully saturated rings. The number of hydrogen-bond donors (Lipinski definition) is 1. The van der Waals surface area contributed by atoms with Crippen LogP contribution in [0.1, 0.15) is 11.1 Å². The van der Waals surface area contributed by atoms with Crippen molar-refractivity contribution in [3.8, 4) is 0 Å². The Hall–Kier alpha value is -1.02. The normalized spacial score (nSPS) is 14.2. The van der Waals surface area contributed by atoms with E-state index in [0.29, 0.717) is 12.3 Å². The predicted octanol–water partition coefficient (Wildman–Crippen LogP) is 1.92. The zero-order valence-electron chi connectivity index (χ0n) is 6.43. The first kappa shape index (κ1) is 7.62. The van der Waals surface area contributed by atoms with E-state index in [9.17, 15) is 4.79 Å². The molecule has 0 saturated carbocycles. The van der Waals surface area contributed by atoms with Crippen LogP contribution in [0.5, 0.6) is 0 Å². The average molecular weight is 182 g/mol. The van der Waals surface area contributed by atoms with E-state index >= 15 is 0 Å². The van der Waals surface area contributed by atoms with Crippen molar-refractivity contribution in [3.05, 3.63) is 29.3 Å². The smallest absolute Gasteiger partial charge is 0.228 e. The molecule has 0 radical (unpaired) electrons. The highest BCUT2D eigenvalue weighted by atomic mass is 35.5. The van der Waals surface area contributed by atoms with Gasteiger partial charge in [0.1, 0.15) is 0 Å². The summed E-state index contributed by atoms with van der Waals surface area (Å²) in [5, 5.41) is 2.77. The summed E-state index contributed by atoms with van der Waals surface area (Å²) in [6.07, 6.45) is 0.486. The highest BCUT2D eigenvalue weighted by molar-refractivity contribution is 6.17. The lowest BCUT2D eigenvalue weighted by Crippen LogP contribution is -2.03. The standard InChI is InChI=1S/C9H8ClNO/c10-5-6-1-2-8-7(3-6)4-9(12)11-8/h1-3H,4-5H2,(H,11,12). The molecular weight excluding hydrogens is 174 g/mol. The minimum atomic E-state index is 0.0664. The summed E-state index contributed by atoms with van der Waals surface area (Å²) >= 11 is 5.66. The molecule has 12 heavy (non-hydrogen) atoms. The van der Waals surface area contributed by atoms with E-state index in [1.54, 1.807) is 0 Å². The van der Waals surface area contributed by atoms with E-state index in [1.807, 2.05) is 18.2 Å². The lowest BCUT2D eigenvalue weighted by Gasteiger charge is -1.99. The Labute approximate surface area is 75.5 Å². The highest BCUT2D eigenvalue weighted by Crippen LogP contribution is 2.24. The Morgan fingerprint density at radius 1 is 1.50 bits per heavy atom. The van der Waals surface area contributed by atoms with Crippen LogP contribution in [0.15, 0.2) is 18.2 Å². The molecule has 1 aromatic carbocycles. The Balaban J connectivity index is 2.41. The maximum Gasteiger partial charge on any atom is 0.228 e. The van der Waals surface area contributed by atoms with E-state index in [-0.39, 0.29) is 5.91 Å². The molecule has 1 amide bonds. The first-order chi connectivity index (χ1) is 5.79. The summed E-state index contributed by atoms with van der Waals surface area (Å²) in [6.45, 7) is 0. The van der Waals surface area contributed by atoms with Gasteiger partial charge in [-0.05, 0) is 17.2 Å². The van der Waals surface area contributed by atoms with Crippen molar-refractivity contribution < 1.29 is 4.79 Å². The number of rotatable bonds is 1. The monoisotopic (exact) mass is 181 g/mol. The molecule has 62 valence electrons. The number of alkyl halides is 1. The third-order valence-electron chi connectivity index (χ3n) is 1.95. The molecule has 1 aliphatic rings. The lowest BCUT2D eigenvalue weighted by atomic mass is 10.1. The summed E-state index contributed by atoms with van der Waals surface area (Å²) in [6, 6.07) is 5.80. The fourth-order valence-electron chi connectivity index (χ4n) is 1.37. The van der Waals surface area contributed by atoms with Crippen molar-refractivity contribution in [1.82, 2.24) is 0 Å². The van der Waals surface area contributed by atoms with Gasteiger partial charge in [0.15, 0.2) is 0 Å². The second-order valence-electron chi connectivity index (χ2n) is 2.85. The van der Waals surface area contributed by atoms with Gasteiger partial charge in [-0.2, -0.15) is 0 Å². The van der Waals surface area contributed by atoms with Gasteiger partial charge < -0.3 is 5.32 Å². The lowest BCUT2D eigenvalue weighted by molar-refractivity contribution is -0.115. The number of amides is 1. The summed E-state index contributed by atoms with van der Waals surface area (Å²) in [5.41, 5.74) is 3.04. The molecule has 0 aromatic heterocycles. The SMILES string of the molecule is O=C1Cc2cc(CCl)ccc2N1. The molecule has 1 aliphatic heterocycles. The van der Waals surface area contributed by atoms with Gasteiger partial charge in [0.05, 0.1) is 6.42 Å².